The largest absolute Gasteiger partial charge is 0.0917 e. The molecule has 0 saturated carbocycles. The molecule has 0 saturated heterocycles. The molecule has 0 aliphatic heterocycles. The second-order valence-electron chi connectivity index (χ2n) is 4.03. The SMILES string of the molecule is C=C1C=CC(c2cccc3ccccc23)=C1. The number of rotatable bonds is 1. The van der Waals surface area contributed by atoms with Crippen molar-refractivity contribution in [3.05, 3.63) is 78.4 Å². The first-order valence-electron chi connectivity index (χ1n) is 5.41. The normalized spacial score (nSPS) is 14.5. The fraction of sp³-hybridized carbons (Fsp3) is 0. The summed E-state index contributed by atoms with van der Waals surface area (Å²) in [6.07, 6.45) is 6.31. The van der Waals surface area contributed by atoms with Crippen molar-refractivity contribution in [1.29, 1.82) is 0 Å². The summed E-state index contributed by atoms with van der Waals surface area (Å²) in [5.74, 6) is 0. The molecule has 0 amide bonds. The lowest BCUT2D eigenvalue weighted by Gasteiger charge is -2.05. The van der Waals surface area contributed by atoms with Gasteiger partial charge < -0.3 is 0 Å². The summed E-state index contributed by atoms with van der Waals surface area (Å²) < 4.78 is 0. The Balaban J connectivity index is 2.28. The lowest BCUT2D eigenvalue weighted by Crippen LogP contribution is -1.82. The molecule has 0 N–H and O–H groups in total. The summed E-state index contributed by atoms with van der Waals surface area (Å²) in [6.45, 7) is 3.95. The molecule has 0 atom stereocenters. The summed E-state index contributed by atoms with van der Waals surface area (Å²) in [7, 11) is 0. The van der Waals surface area contributed by atoms with Crippen LogP contribution in [0.25, 0.3) is 16.3 Å². The minimum atomic E-state index is 1.07. The Labute approximate surface area is 95.2 Å². The lowest BCUT2D eigenvalue weighted by atomic mass is 9.99. The maximum atomic E-state index is 3.95. The summed E-state index contributed by atoms with van der Waals surface area (Å²) in [6, 6.07) is 14.9. The smallest absolute Gasteiger partial charge is 0.0105 e. The number of allylic oxidation sites excluding steroid dienone is 5. The highest BCUT2D eigenvalue weighted by Crippen LogP contribution is 2.29. The maximum absolute atomic E-state index is 3.95. The van der Waals surface area contributed by atoms with E-state index < -0.39 is 0 Å². The van der Waals surface area contributed by atoms with Gasteiger partial charge in [-0.05, 0) is 33.6 Å². The molecule has 2 aromatic rings. The summed E-state index contributed by atoms with van der Waals surface area (Å²) >= 11 is 0. The third kappa shape index (κ3) is 1.40. The molecule has 0 nitrogen and oxygen atoms in total. The van der Waals surface area contributed by atoms with Crippen LogP contribution in [0, 0.1) is 0 Å². The minimum Gasteiger partial charge on any atom is -0.0917 e. The van der Waals surface area contributed by atoms with E-state index in [1.54, 1.807) is 0 Å². The third-order valence-corrected chi connectivity index (χ3v) is 2.92. The molecule has 1 aliphatic rings. The number of fused-ring (bicyclic) bond motifs is 1. The lowest BCUT2D eigenvalue weighted by molar-refractivity contribution is 1.68. The van der Waals surface area contributed by atoms with Crippen LogP contribution >= 0.6 is 0 Å². The van der Waals surface area contributed by atoms with Crippen LogP contribution in [0.15, 0.2) is 72.8 Å². The molecule has 0 heterocycles. The summed E-state index contributed by atoms with van der Waals surface area (Å²) in [4.78, 5) is 0. The van der Waals surface area contributed by atoms with Gasteiger partial charge in [-0.15, -0.1) is 0 Å². The van der Waals surface area contributed by atoms with Crippen molar-refractivity contribution >= 4 is 16.3 Å². The number of hydrogen-bond acceptors (Lipinski definition) is 0. The molecule has 2 aromatic carbocycles. The zero-order valence-electron chi connectivity index (χ0n) is 8.98. The van der Waals surface area contributed by atoms with Gasteiger partial charge in [0.05, 0.1) is 0 Å². The van der Waals surface area contributed by atoms with E-state index in [2.05, 4.69) is 67.3 Å². The van der Waals surface area contributed by atoms with E-state index in [-0.39, 0.29) is 0 Å². The molecule has 0 radical (unpaired) electrons. The summed E-state index contributed by atoms with van der Waals surface area (Å²) in [5.41, 5.74) is 3.61. The molecule has 0 aromatic heterocycles. The third-order valence-electron chi connectivity index (χ3n) is 2.92. The van der Waals surface area contributed by atoms with Crippen molar-refractivity contribution in [2.45, 2.75) is 0 Å². The molecule has 16 heavy (non-hydrogen) atoms. The standard InChI is InChI=1S/C16H12/c1-12-9-10-14(11-12)16-8-4-6-13-5-2-3-7-15(13)16/h2-11H,1H2. The Morgan fingerprint density at radius 3 is 2.44 bits per heavy atom. The Morgan fingerprint density at radius 2 is 1.62 bits per heavy atom. The second-order valence-corrected chi connectivity index (χ2v) is 4.03. The van der Waals surface area contributed by atoms with Crippen LogP contribution in [-0.2, 0) is 0 Å². The first-order chi connectivity index (χ1) is 7.84. The van der Waals surface area contributed by atoms with Crippen LogP contribution in [0.3, 0.4) is 0 Å². The van der Waals surface area contributed by atoms with Crippen molar-refractivity contribution in [2.24, 2.45) is 0 Å². The molecular formula is C16H12. The second kappa shape index (κ2) is 3.49. The van der Waals surface area contributed by atoms with E-state index in [4.69, 9.17) is 0 Å². The minimum absolute atomic E-state index is 1.07. The Kier molecular flexibility index (Phi) is 2.00. The van der Waals surface area contributed by atoms with Gasteiger partial charge in [0, 0.05) is 0 Å². The van der Waals surface area contributed by atoms with Gasteiger partial charge in [-0.1, -0.05) is 61.2 Å². The van der Waals surface area contributed by atoms with E-state index >= 15 is 0 Å². The summed E-state index contributed by atoms with van der Waals surface area (Å²) in [5, 5.41) is 2.59. The van der Waals surface area contributed by atoms with Crippen LogP contribution in [0.1, 0.15) is 5.56 Å². The van der Waals surface area contributed by atoms with E-state index in [0.29, 0.717) is 0 Å². The van der Waals surface area contributed by atoms with Gasteiger partial charge in [0.25, 0.3) is 0 Å². The maximum Gasteiger partial charge on any atom is -0.0105 e. The van der Waals surface area contributed by atoms with Gasteiger partial charge in [0.1, 0.15) is 0 Å². The van der Waals surface area contributed by atoms with Crippen LogP contribution in [0.4, 0.5) is 0 Å². The predicted octanol–water partition coefficient (Wildman–Crippen LogP) is 4.35. The Morgan fingerprint density at radius 1 is 0.812 bits per heavy atom. The fourth-order valence-corrected chi connectivity index (χ4v) is 2.14. The Hall–Kier alpha value is -2.08. The molecule has 0 spiro atoms. The topological polar surface area (TPSA) is 0 Å². The molecule has 0 fully saturated rings. The van der Waals surface area contributed by atoms with E-state index in [1.165, 1.54) is 21.9 Å². The van der Waals surface area contributed by atoms with Crippen molar-refractivity contribution in [2.75, 3.05) is 0 Å². The van der Waals surface area contributed by atoms with Gasteiger partial charge in [-0.3, -0.25) is 0 Å². The van der Waals surface area contributed by atoms with Crippen molar-refractivity contribution in [3.8, 4) is 0 Å². The quantitative estimate of drug-likeness (QED) is 0.647. The van der Waals surface area contributed by atoms with Crippen LogP contribution in [-0.4, -0.2) is 0 Å². The van der Waals surface area contributed by atoms with Crippen molar-refractivity contribution in [3.63, 3.8) is 0 Å². The highest BCUT2D eigenvalue weighted by Gasteiger charge is 2.06. The zero-order valence-corrected chi connectivity index (χ0v) is 8.98. The first-order valence-corrected chi connectivity index (χ1v) is 5.41. The van der Waals surface area contributed by atoms with Crippen molar-refractivity contribution < 1.29 is 0 Å². The van der Waals surface area contributed by atoms with Crippen molar-refractivity contribution in [1.82, 2.24) is 0 Å². The fourth-order valence-electron chi connectivity index (χ4n) is 2.14. The average Bonchev–Trinajstić information content (AvgIpc) is 2.75. The van der Waals surface area contributed by atoms with Gasteiger partial charge in [-0.25, -0.2) is 0 Å². The van der Waals surface area contributed by atoms with Gasteiger partial charge in [0.15, 0.2) is 0 Å². The molecular weight excluding hydrogens is 192 g/mol. The average molecular weight is 204 g/mol. The van der Waals surface area contributed by atoms with Crippen LogP contribution in [0.2, 0.25) is 0 Å². The van der Waals surface area contributed by atoms with Crippen LogP contribution < -0.4 is 0 Å². The van der Waals surface area contributed by atoms with Crippen LogP contribution in [0.5, 0.6) is 0 Å². The zero-order chi connectivity index (χ0) is 11.0. The molecule has 1 aliphatic carbocycles. The van der Waals surface area contributed by atoms with Gasteiger partial charge in [-0.2, -0.15) is 0 Å². The van der Waals surface area contributed by atoms with Gasteiger partial charge in [0.2, 0.25) is 0 Å². The molecule has 0 unspecified atom stereocenters. The molecule has 76 valence electrons. The monoisotopic (exact) mass is 204 g/mol. The molecule has 0 bridgehead atoms. The highest BCUT2D eigenvalue weighted by atomic mass is 14.1. The van der Waals surface area contributed by atoms with E-state index in [1.807, 2.05) is 0 Å². The van der Waals surface area contributed by atoms with E-state index in [0.717, 1.165) is 5.57 Å². The van der Waals surface area contributed by atoms with Gasteiger partial charge >= 0.3 is 0 Å². The predicted molar refractivity (Wildman–Crippen MR) is 70.2 cm³/mol. The number of benzene rings is 2. The molecule has 3 rings (SSSR count). The Bertz CT molecular complexity index is 622. The number of hydrogen-bond donors (Lipinski definition) is 0. The first kappa shape index (κ1) is 9.17. The highest BCUT2D eigenvalue weighted by molar-refractivity contribution is 5.97. The molecule has 0 heteroatoms. The van der Waals surface area contributed by atoms with E-state index in [9.17, 15) is 0 Å².